The number of aromatic amines is 1. The number of aromatic nitrogens is 1. The third-order valence-electron chi connectivity index (χ3n) is 5.00. The highest BCUT2D eigenvalue weighted by Crippen LogP contribution is 2.25. The van der Waals surface area contributed by atoms with E-state index in [0.29, 0.717) is 13.2 Å². The molecule has 0 amide bonds. The number of β-amino-alcohol motifs (C(OH)–C–C–N with tert-alkyl or cyclic N) is 1. The molecule has 27 heavy (non-hydrogen) atoms. The molecule has 142 valence electrons. The molecule has 5 nitrogen and oxygen atoms in total. The van der Waals surface area contributed by atoms with E-state index in [1.54, 1.807) is 0 Å². The SMILES string of the molecule is O[C@H](COc1cccc2[nH]ccc12)CN1CCN(c2cccc(Br)c2)CC1. The Bertz CT molecular complexity index is 890. The number of aliphatic hydroxyl groups excluding tert-OH is 1. The van der Waals surface area contributed by atoms with Crippen LogP contribution in [0.1, 0.15) is 0 Å². The van der Waals surface area contributed by atoms with Crippen LogP contribution in [0.3, 0.4) is 0 Å². The number of ether oxygens (including phenoxy) is 1. The first-order chi connectivity index (χ1) is 13.2. The maximum absolute atomic E-state index is 10.4. The lowest BCUT2D eigenvalue weighted by molar-refractivity contribution is 0.0668. The van der Waals surface area contributed by atoms with Crippen LogP contribution in [0.25, 0.3) is 10.9 Å². The summed E-state index contributed by atoms with van der Waals surface area (Å²) < 4.78 is 6.98. The molecular formula is C21H24BrN3O2. The van der Waals surface area contributed by atoms with E-state index in [-0.39, 0.29) is 0 Å². The quantitative estimate of drug-likeness (QED) is 0.629. The van der Waals surface area contributed by atoms with E-state index < -0.39 is 6.10 Å². The van der Waals surface area contributed by atoms with Crippen LogP contribution in [-0.2, 0) is 0 Å². The molecule has 1 aliphatic rings. The van der Waals surface area contributed by atoms with Gasteiger partial charge in [-0.25, -0.2) is 0 Å². The number of piperazine rings is 1. The Kier molecular flexibility index (Phi) is 5.66. The van der Waals surface area contributed by atoms with E-state index in [4.69, 9.17) is 4.74 Å². The van der Waals surface area contributed by atoms with Gasteiger partial charge in [-0.15, -0.1) is 0 Å². The zero-order chi connectivity index (χ0) is 18.6. The van der Waals surface area contributed by atoms with E-state index >= 15 is 0 Å². The smallest absolute Gasteiger partial charge is 0.128 e. The predicted molar refractivity (Wildman–Crippen MR) is 113 cm³/mol. The summed E-state index contributed by atoms with van der Waals surface area (Å²) in [5, 5.41) is 11.5. The molecule has 2 aromatic carbocycles. The Morgan fingerprint density at radius 2 is 1.89 bits per heavy atom. The largest absolute Gasteiger partial charge is 0.490 e. The van der Waals surface area contributed by atoms with E-state index in [2.05, 4.69) is 48.9 Å². The van der Waals surface area contributed by atoms with Gasteiger partial charge in [-0.05, 0) is 36.4 Å². The van der Waals surface area contributed by atoms with Crippen LogP contribution in [0.5, 0.6) is 5.75 Å². The molecule has 0 spiro atoms. The first-order valence-corrected chi connectivity index (χ1v) is 10.1. The second-order valence-electron chi connectivity index (χ2n) is 6.93. The minimum atomic E-state index is -0.503. The molecule has 1 atom stereocenters. The number of H-pyrrole nitrogens is 1. The highest BCUT2D eigenvalue weighted by molar-refractivity contribution is 9.10. The number of hydrogen-bond donors (Lipinski definition) is 2. The molecule has 6 heteroatoms. The van der Waals surface area contributed by atoms with Gasteiger partial charge in [0, 0.05) is 60.0 Å². The van der Waals surface area contributed by atoms with Gasteiger partial charge < -0.3 is 19.7 Å². The first-order valence-electron chi connectivity index (χ1n) is 9.29. The topological polar surface area (TPSA) is 51.7 Å². The number of anilines is 1. The van der Waals surface area contributed by atoms with E-state index in [1.165, 1.54) is 5.69 Å². The van der Waals surface area contributed by atoms with Gasteiger partial charge in [0.15, 0.2) is 0 Å². The maximum Gasteiger partial charge on any atom is 0.128 e. The minimum Gasteiger partial charge on any atom is -0.490 e. The number of nitrogens with one attached hydrogen (secondary N) is 1. The fourth-order valence-corrected chi connectivity index (χ4v) is 3.97. The highest BCUT2D eigenvalue weighted by atomic mass is 79.9. The van der Waals surface area contributed by atoms with E-state index in [1.807, 2.05) is 36.5 Å². The number of halogens is 1. The van der Waals surface area contributed by atoms with Gasteiger partial charge in [0.25, 0.3) is 0 Å². The molecule has 2 N–H and O–H groups in total. The number of hydrogen-bond acceptors (Lipinski definition) is 4. The first kappa shape index (κ1) is 18.3. The monoisotopic (exact) mass is 429 g/mol. The zero-order valence-electron chi connectivity index (χ0n) is 15.1. The molecule has 0 unspecified atom stereocenters. The van der Waals surface area contributed by atoms with Crippen LogP contribution in [0.4, 0.5) is 5.69 Å². The van der Waals surface area contributed by atoms with Gasteiger partial charge in [-0.1, -0.05) is 28.1 Å². The predicted octanol–water partition coefficient (Wildman–Crippen LogP) is 3.49. The molecule has 4 rings (SSSR count). The van der Waals surface area contributed by atoms with Crippen molar-refractivity contribution in [2.45, 2.75) is 6.10 Å². The van der Waals surface area contributed by atoms with Gasteiger partial charge in [0.2, 0.25) is 0 Å². The van der Waals surface area contributed by atoms with Crippen molar-refractivity contribution >= 4 is 32.5 Å². The van der Waals surface area contributed by atoms with Crippen LogP contribution >= 0.6 is 15.9 Å². The third-order valence-corrected chi connectivity index (χ3v) is 5.49. The van der Waals surface area contributed by atoms with Gasteiger partial charge in [0.1, 0.15) is 18.5 Å². The Morgan fingerprint density at radius 1 is 1.07 bits per heavy atom. The molecule has 0 radical (unpaired) electrons. The Balaban J connectivity index is 1.26. The number of benzene rings is 2. The summed E-state index contributed by atoms with van der Waals surface area (Å²) in [6.45, 7) is 4.75. The van der Waals surface area contributed by atoms with Gasteiger partial charge in [-0.3, -0.25) is 4.90 Å². The summed E-state index contributed by atoms with van der Waals surface area (Å²) in [4.78, 5) is 7.87. The normalized spacial score (nSPS) is 16.6. The van der Waals surface area contributed by atoms with Crippen LogP contribution < -0.4 is 9.64 Å². The molecule has 0 saturated carbocycles. The van der Waals surface area contributed by atoms with E-state index in [0.717, 1.165) is 47.3 Å². The average molecular weight is 430 g/mol. The van der Waals surface area contributed by atoms with Crippen molar-refractivity contribution in [3.05, 3.63) is 59.2 Å². The lowest BCUT2D eigenvalue weighted by Crippen LogP contribution is -2.49. The minimum absolute atomic E-state index is 0.302. The van der Waals surface area contributed by atoms with Crippen LogP contribution in [0.2, 0.25) is 0 Å². The second-order valence-corrected chi connectivity index (χ2v) is 7.84. The van der Waals surface area contributed by atoms with Crippen LogP contribution in [-0.4, -0.2) is 60.4 Å². The van der Waals surface area contributed by atoms with Crippen molar-refractivity contribution in [1.82, 2.24) is 9.88 Å². The average Bonchev–Trinajstić information content (AvgIpc) is 3.16. The summed E-state index contributed by atoms with van der Waals surface area (Å²) in [6.07, 6.45) is 1.40. The Morgan fingerprint density at radius 3 is 2.70 bits per heavy atom. The van der Waals surface area contributed by atoms with Crippen molar-refractivity contribution < 1.29 is 9.84 Å². The Hall–Kier alpha value is -2.02. The number of fused-ring (bicyclic) bond motifs is 1. The molecule has 0 bridgehead atoms. The second kappa shape index (κ2) is 8.33. The van der Waals surface area contributed by atoms with Crippen molar-refractivity contribution in [2.75, 3.05) is 44.2 Å². The number of rotatable bonds is 6. The summed E-state index contributed by atoms with van der Waals surface area (Å²) >= 11 is 3.54. The third kappa shape index (κ3) is 4.46. The lowest BCUT2D eigenvalue weighted by atomic mass is 10.2. The summed E-state index contributed by atoms with van der Waals surface area (Å²) in [6, 6.07) is 16.3. The fourth-order valence-electron chi connectivity index (χ4n) is 3.58. The zero-order valence-corrected chi connectivity index (χ0v) is 16.7. The number of aliphatic hydroxyl groups is 1. The van der Waals surface area contributed by atoms with Crippen molar-refractivity contribution in [2.24, 2.45) is 0 Å². The molecule has 1 aliphatic heterocycles. The molecule has 0 aliphatic carbocycles. The summed E-state index contributed by atoms with van der Waals surface area (Å²) in [5.74, 6) is 0.812. The summed E-state index contributed by atoms with van der Waals surface area (Å²) in [7, 11) is 0. The molecule has 1 aromatic heterocycles. The fraction of sp³-hybridized carbons (Fsp3) is 0.333. The highest BCUT2D eigenvalue weighted by Gasteiger charge is 2.20. The molecule has 1 fully saturated rings. The standard InChI is InChI=1S/C21H24BrN3O2/c22-16-3-1-4-17(13-16)25-11-9-24(10-12-25)14-18(26)15-27-21-6-2-5-20-19(21)7-8-23-20/h1-8,13,18,23,26H,9-12,14-15H2/t18-/m0/s1. The lowest BCUT2D eigenvalue weighted by Gasteiger charge is -2.37. The Labute approximate surface area is 167 Å². The van der Waals surface area contributed by atoms with Gasteiger partial charge in [0.05, 0.1) is 0 Å². The maximum atomic E-state index is 10.4. The van der Waals surface area contributed by atoms with Crippen LogP contribution in [0, 0.1) is 0 Å². The summed E-state index contributed by atoms with van der Waals surface area (Å²) in [5.41, 5.74) is 2.29. The van der Waals surface area contributed by atoms with Crippen molar-refractivity contribution in [3.63, 3.8) is 0 Å². The van der Waals surface area contributed by atoms with Crippen LogP contribution in [0.15, 0.2) is 59.2 Å². The van der Waals surface area contributed by atoms with Gasteiger partial charge >= 0.3 is 0 Å². The van der Waals surface area contributed by atoms with E-state index in [9.17, 15) is 5.11 Å². The molecule has 1 saturated heterocycles. The van der Waals surface area contributed by atoms with Crippen molar-refractivity contribution in [3.8, 4) is 5.75 Å². The molecular weight excluding hydrogens is 406 g/mol. The molecule has 3 aromatic rings. The van der Waals surface area contributed by atoms with Gasteiger partial charge in [-0.2, -0.15) is 0 Å². The number of nitrogens with zero attached hydrogens (tertiary/aromatic N) is 2. The van der Waals surface area contributed by atoms with Crippen molar-refractivity contribution in [1.29, 1.82) is 0 Å². The molecule has 2 heterocycles.